The number of piperidine rings is 1. The number of anilines is 2. The zero-order valence-electron chi connectivity index (χ0n) is 21.8. The van der Waals surface area contributed by atoms with E-state index in [-0.39, 0.29) is 17.1 Å². The van der Waals surface area contributed by atoms with E-state index in [1.54, 1.807) is 0 Å². The molecule has 0 aliphatic carbocycles. The number of benzene rings is 3. The molecule has 2 aliphatic rings. The Kier molecular flexibility index (Phi) is 7.92. The molecule has 1 unspecified atom stereocenters. The first-order valence-corrected chi connectivity index (χ1v) is 14.5. The summed E-state index contributed by atoms with van der Waals surface area (Å²) in [4.78, 5) is 15.3. The first-order valence-electron chi connectivity index (χ1n) is 13.1. The van der Waals surface area contributed by atoms with Gasteiger partial charge in [-0.1, -0.05) is 19.1 Å². The smallest absolute Gasteiger partial charge is 0.264 e. The molecule has 3 aromatic rings. The fourth-order valence-electron chi connectivity index (χ4n) is 4.87. The summed E-state index contributed by atoms with van der Waals surface area (Å²) in [6.07, 6.45) is 2.43. The summed E-state index contributed by atoms with van der Waals surface area (Å²) in [5.74, 6) is 0.428. The van der Waals surface area contributed by atoms with Gasteiger partial charge in [0.05, 0.1) is 10.6 Å². The predicted molar refractivity (Wildman–Crippen MR) is 147 cm³/mol. The number of rotatable bonds is 8. The van der Waals surface area contributed by atoms with E-state index < -0.39 is 28.3 Å². The largest absolute Gasteiger partial charge is 0.486 e. The second-order valence-corrected chi connectivity index (χ2v) is 11.8. The van der Waals surface area contributed by atoms with Gasteiger partial charge in [-0.2, -0.15) is 0 Å². The zero-order chi connectivity index (χ0) is 27.4. The maximum atomic E-state index is 13.7. The molecule has 0 spiro atoms. The lowest BCUT2D eigenvalue weighted by Crippen LogP contribution is -2.40. The van der Waals surface area contributed by atoms with Crippen LogP contribution in [0.15, 0.2) is 71.6 Å². The van der Waals surface area contributed by atoms with E-state index >= 15 is 0 Å². The van der Waals surface area contributed by atoms with Crippen molar-refractivity contribution in [1.29, 1.82) is 0 Å². The number of carbonyl (C=O) groups is 1. The molecule has 0 bridgehead atoms. The minimum absolute atomic E-state index is 0.0634. The summed E-state index contributed by atoms with van der Waals surface area (Å²) >= 11 is 0. The average molecular weight is 554 g/mol. The Balaban J connectivity index is 1.30. The van der Waals surface area contributed by atoms with Crippen molar-refractivity contribution < 1.29 is 27.1 Å². The maximum absolute atomic E-state index is 13.7. The van der Waals surface area contributed by atoms with Gasteiger partial charge in [0.15, 0.2) is 11.5 Å². The highest BCUT2D eigenvalue weighted by molar-refractivity contribution is 7.92. The zero-order valence-corrected chi connectivity index (χ0v) is 22.6. The number of ether oxygens (including phenoxy) is 2. The van der Waals surface area contributed by atoms with Crippen LogP contribution in [-0.4, -0.2) is 47.2 Å². The second kappa shape index (κ2) is 11.5. The molecule has 1 saturated heterocycles. The van der Waals surface area contributed by atoms with Crippen LogP contribution in [-0.2, 0) is 21.4 Å². The Morgan fingerprint density at radius 3 is 2.46 bits per heavy atom. The first kappa shape index (κ1) is 26.8. The molecule has 2 aliphatic heterocycles. The summed E-state index contributed by atoms with van der Waals surface area (Å²) in [7, 11) is -4.19. The quantitative estimate of drug-likeness (QED) is 0.447. The Morgan fingerprint density at radius 1 is 1.03 bits per heavy atom. The molecular formula is C29H32FN3O5S. The van der Waals surface area contributed by atoms with Crippen LogP contribution in [0.3, 0.4) is 0 Å². The van der Waals surface area contributed by atoms with Gasteiger partial charge in [0, 0.05) is 31.4 Å². The monoisotopic (exact) mass is 553 g/mol. The van der Waals surface area contributed by atoms with E-state index in [4.69, 9.17) is 9.47 Å². The molecule has 0 aromatic heterocycles. The lowest BCUT2D eigenvalue weighted by Gasteiger charge is -2.32. The van der Waals surface area contributed by atoms with Crippen molar-refractivity contribution in [3.63, 3.8) is 0 Å². The van der Waals surface area contributed by atoms with E-state index in [0.29, 0.717) is 30.6 Å². The summed E-state index contributed by atoms with van der Waals surface area (Å²) < 4.78 is 53.0. The predicted octanol–water partition coefficient (Wildman–Crippen LogP) is 4.34. The van der Waals surface area contributed by atoms with Gasteiger partial charge in [0.25, 0.3) is 10.0 Å². The Hall–Kier alpha value is -3.79. The molecule has 0 saturated carbocycles. The molecule has 1 atom stereocenters. The van der Waals surface area contributed by atoms with E-state index in [2.05, 4.69) is 29.3 Å². The molecule has 3 aromatic carbocycles. The van der Waals surface area contributed by atoms with Gasteiger partial charge in [-0.05, 0) is 72.9 Å². The lowest BCUT2D eigenvalue weighted by molar-refractivity contribution is -0.119. The van der Waals surface area contributed by atoms with E-state index in [1.807, 2.05) is 12.1 Å². The van der Waals surface area contributed by atoms with Gasteiger partial charge in [-0.25, -0.2) is 12.8 Å². The molecular weight excluding hydrogens is 521 g/mol. The Bertz CT molecular complexity index is 1410. The first-order chi connectivity index (χ1) is 18.8. The lowest BCUT2D eigenvalue weighted by atomic mass is 9.99. The maximum Gasteiger partial charge on any atom is 0.264 e. The number of sulfonamides is 1. The molecule has 1 fully saturated rings. The minimum atomic E-state index is -4.19. The molecule has 39 heavy (non-hydrogen) atoms. The number of fused-ring (bicyclic) bond motifs is 1. The van der Waals surface area contributed by atoms with Crippen LogP contribution in [0.25, 0.3) is 0 Å². The van der Waals surface area contributed by atoms with Crippen LogP contribution < -0.4 is 24.0 Å². The molecule has 10 heteroatoms. The Labute approximate surface area is 228 Å². The van der Waals surface area contributed by atoms with Gasteiger partial charge < -0.3 is 19.7 Å². The fraction of sp³-hybridized carbons (Fsp3) is 0.345. The molecule has 5 rings (SSSR count). The average Bonchev–Trinajstić information content (AvgIpc) is 2.95. The summed E-state index contributed by atoms with van der Waals surface area (Å²) in [5.41, 5.74) is 2.23. The van der Waals surface area contributed by atoms with E-state index in [0.717, 1.165) is 40.8 Å². The van der Waals surface area contributed by atoms with Crippen LogP contribution in [0.2, 0.25) is 0 Å². The van der Waals surface area contributed by atoms with Crippen molar-refractivity contribution in [1.82, 2.24) is 5.32 Å². The number of amides is 1. The van der Waals surface area contributed by atoms with Crippen molar-refractivity contribution >= 4 is 27.3 Å². The third-order valence-electron chi connectivity index (χ3n) is 6.95. The summed E-state index contributed by atoms with van der Waals surface area (Å²) in [5, 5.41) is 2.81. The number of hydrogen-bond donors (Lipinski definition) is 1. The topological polar surface area (TPSA) is 88.2 Å². The third kappa shape index (κ3) is 6.27. The molecule has 0 radical (unpaired) electrons. The number of carbonyl (C=O) groups excluding carboxylic acids is 1. The van der Waals surface area contributed by atoms with Crippen molar-refractivity contribution in [3.8, 4) is 11.5 Å². The van der Waals surface area contributed by atoms with Crippen molar-refractivity contribution in [2.45, 2.75) is 31.2 Å². The van der Waals surface area contributed by atoms with Gasteiger partial charge >= 0.3 is 0 Å². The number of nitrogens with zero attached hydrogens (tertiary/aromatic N) is 2. The van der Waals surface area contributed by atoms with E-state index in [1.165, 1.54) is 43.2 Å². The van der Waals surface area contributed by atoms with Crippen molar-refractivity contribution in [2.75, 3.05) is 42.1 Å². The van der Waals surface area contributed by atoms with Gasteiger partial charge in [0.2, 0.25) is 5.91 Å². The van der Waals surface area contributed by atoms with E-state index in [9.17, 15) is 17.6 Å². The molecule has 8 nitrogen and oxygen atoms in total. The SMILES string of the molecule is CC1CCCN(c2ccc(CNC(=O)CN(c3ccc(F)cc3)S(=O)(=O)c3ccc4c(c3)OCCO4)cc2)C1. The normalized spacial score (nSPS) is 17.0. The highest BCUT2D eigenvalue weighted by Crippen LogP contribution is 2.34. The van der Waals surface area contributed by atoms with Crippen LogP contribution >= 0.6 is 0 Å². The number of hydrogen-bond acceptors (Lipinski definition) is 6. The van der Waals surface area contributed by atoms with Crippen LogP contribution in [0.4, 0.5) is 15.8 Å². The molecule has 2 heterocycles. The molecule has 1 amide bonds. The highest BCUT2D eigenvalue weighted by atomic mass is 32.2. The van der Waals surface area contributed by atoms with Crippen LogP contribution in [0.5, 0.6) is 11.5 Å². The standard InChI is InChI=1S/C29H32FN3O5S/c1-21-3-2-14-32(19-21)24-8-4-22(5-9-24)18-31-29(34)20-33(25-10-6-23(30)7-11-25)39(35,36)26-12-13-27-28(17-26)38-16-15-37-27/h4-13,17,21H,2-3,14-16,18-20H2,1H3,(H,31,34). The second-order valence-electron chi connectivity index (χ2n) is 9.93. The highest BCUT2D eigenvalue weighted by Gasteiger charge is 2.29. The van der Waals surface area contributed by atoms with Crippen LogP contribution in [0.1, 0.15) is 25.3 Å². The fourth-order valence-corrected chi connectivity index (χ4v) is 6.31. The summed E-state index contributed by atoms with van der Waals surface area (Å²) in [6, 6.07) is 17.3. The Morgan fingerprint density at radius 2 is 1.74 bits per heavy atom. The third-order valence-corrected chi connectivity index (χ3v) is 8.72. The number of nitrogens with one attached hydrogen (secondary N) is 1. The van der Waals surface area contributed by atoms with Gasteiger partial charge in [-0.3, -0.25) is 9.10 Å². The summed E-state index contributed by atoms with van der Waals surface area (Å²) in [6.45, 7) is 4.78. The van der Waals surface area contributed by atoms with Gasteiger partial charge in [0.1, 0.15) is 25.6 Å². The van der Waals surface area contributed by atoms with Crippen LogP contribution in [0, 0.1) is 11.7 Å². The minimum Gasteiger partial charge on any atom is -0.486 e. The van der Waals surface area contributed by atoms with Crippen molar-refractivity contribution in [3.05, 3.63) is 78.1 Å². The molecule has 1 N–H and O–H groups in total. The van der Waals surface area contributed by atoms with Crippen molar-refractivity contribution in [2.24, 2.45) is 5.92 Å². The molecule has 206 valence electrons. The number of halogens is 1. The van der Waals surface area contributed by atoms with Gasteiger partial charge in [-0.15, -0.1) is 0 Å².